The third-order valence-corrected chi connectivity index (χ3v) is 2.36. The summed E-state index contributed by atoms with van der Waals surface area (Å²) < 4.78 is 2.11. The van der Waals surface area contributed by atoms with Crippen LogP contribution in [0.2, 0.25) is 0 Å². The highest BCUT2D eigenvalue weighted by Crippen LogP contribution is 2.10. The lowest BCUT2D eigenvalue weighted by Crippen LogP contribution is -2.05. The maximum Gasteiger partial charge on any atom is 0.113 e. The molecule has 0 bridgehead atoms. The quantitative estimate of drug-likeness (QED) is 0.819. The van der Waals surface area contributed by atoms with Gasteiger partial charge in [0.2, 0.25) is 0 Å². The zero-order valence-electron chi connectivity index (χ0n) is 8.63. The standard InChI is InChI=1S/C12H15N3/c13-8-4-7-12-14-9-10-15(12)11-5-2-1-3-6-11/h1-3,5-6,9-10H,4,7-8,13H2. The summed E-state index contributed by atoms with van der Waals surface area (Å²) in [6.45, 7) is 0.710. The second kappa shape index (κ2) is 4.75. The van der Waals surface area contributed by atoms with Gasteiger partial charge in [-0.15, -0.1) is 0 Å². The molecule has 0 aliphatic rings. The van der Waals surface area contributed by atoms with E-state index in [-0.39, 0.29) is 0 Å². The number of hydrogen-bond acceptors (Lipinski definition) is 2. The normalized spacial score (nSPS) is 10.5. The smallest absolute Gasteiger partial charge is 0.113 e. The van der Waals surface area contributed by atoms with Crippen LogP contribution in [0.3, 0.4) is 0 Å². The summed E-state index contributed by atoms with van der Waals surface area (Å²) in [5.41, 5.74) is 6.65. The van der Waals surface area contributed by atoms with E-state index in [4.69, 9.17) is 5.73 Å². The van der Waals surface area contributed by atoms with E-state index in [2.05, 4.69) is 21.7 Å². The molecular weight excluding hydrogens is 186 g/mol. The zero-order valence-corrected chi connectivity index (χ0v) is 8.63. The van der Waals surface area contributed by atoms with Crippen molar-refractivity contribution < 1.29 is 0 Å². The molecule has 0 amide bonds. The van der Waals surface area contributed by atoms with Gasteiger partial charge in [0, 0.05) is 24.5 Å². The molecule has 2 N–H and O–H groups in total. The fraction of sp³-hybridized carbons (Fsp3) is 0.250. The zero-order chi connectivity index (χ0) is 10.5. The monoisotopic (exact) mass is 201 g/mol. The number of para-hydroxylation sites is 1. The molecule has 0 aliphatic heterocycles. The van der Waals surface area contributed by atoms with Crippen LogP contribution < -0.4 is 5.73 Å². The maximum atomic E-state index is 5.50. The predicted octanol–water partition coefficient (Wildman–Crippen LogP) is 1.76. The minimum Gasteiger partial charge on any atom is -0.330 e. The van der Waals surface area contributed by atoms with Crippen molar-refractivity contribution in [2.24, 2.45) is 5.73 Å². The Bertz CT molecular complexity index is 406. The highest BCUT2D eigenvalue weighted by molar-refractivity contribution is 5.32. The molecule has 0 spiro atoms. The third kappa shape index (κ3) is 2.25. The molecule has 3 heteroatoms. The molecule has 3 nitrogen and oxygen atoms in total. The van der Waals surface area contributed by atoms with Gasteiger partial charge in [-0.3, -0.25) is 0 Å². The molecule has 0 atom stereocenters. The van der Waals surface area contributed by atoms with Crippen molar-refractivity contribution in [3.63, 3.8) is 0 Å². The number of aryl methyl sites for hydroxylation is 1. The van der Waals surface area contributed by atoms with Crippen LogP contribution in [-0.4, -0.2) is 16.1 Å². The number of rotatable bonds is 4. The fourth-order valence-electron chi connectivity index (χ4n) is 1.60. The Labute approximate surface area is 89.6 Å². The Morgan fingerprint density at radius 2 is 2.00 bits per heavy atom. The van der Waals surface area contributed by atoms with E-state index in [9.17, 15) is 0 Å². The van der Waals surface area contributed by atoms with Gasteiger partial charge in [0.05, 0.1) is 0 Å². The van der Waals surface area contributed by atoms with Gasteiger partial charge in [-0.05, 0) is 25.1 Å². The third-order valence-electron chi connectivity index (χ3n) is 2.36. The van der Waals surface area contributed by atoms with Crippen LogP contribution in [0.5, 0.6) is 0 Å². The first kappa shape index (κ1) is 9.93. The van der Waals surface area contributed by atoms with Gasteiger partial charge >= 0.3 is 0 Å². The van der Waals surface area contributed by atoms with E-state index in [1.54, 1.807) is 0 Å². The molecule has 1 aromatic carbocycles. The Kier molecular flexibility index (Phi) is 3.15. The number of imidazole rings is 1. The molecule has 78 valence electrons. The Hall–Kier alpha value is -1.61. The average molecular weight is 201 g/mol. The molecular formula is C12H15N3. The predicted molar refractivity (Wildman–Crippen MR) is 60.9 cm³/mol. The van der Waals surface area contributed by atoms with Crippen LogP contribution in [0.1, 0.15) is 12.2 Å². The lowest BCUT2D eigenvalue weighted by molar-refractivity contribution is 0.765. The first-order valence-electron chi connectivity index (χ1n) is 5.19. The SMILES string of the molecule is NCCCc1nccn1-c1ccccc1. The molecule has 1 heterocycles. The van der Waals surface area contributed by atoms with E-state index >= 15 is 0 Å². The first-order chi connectivity index (χ1) is 7.42. The molecule has 15 heavy (non-hydrogen) atoms. The summed E-state index contributed by atoms with van der Waals surface area (Å²) in [5.74, 6) is 1.08. The average Bonchev–Trinajstić information content (AvgIpc) is 2.75. The number of benzene rings is 1. The summed E-state index contributed by atoms with van der Waals surface area (Å²) >= 11 is 0. The topological polar surface area (TPSA) is 43.8 Å². The molecule has 0 aliphatic carbocycles. The van der Waals surface area contributed by atoms with Crippen LogP contribution in [0.15, 0.2) is 42.7 Å². The molecule has 0 unspecified atom stereocenters. The van der Waals surface area contributed by atoms with Crippen molar-refractivity contribution in [3.05, 3.63) is 48.5 Å². The van der Waals surface area contributed by atoms with Gasteiger partial charge in [-0.2, -0.15) is 0 Å². The first-order valence-corrected chi connectivity index (χ1v) is 5.19. The summed E-state index contributed by atoms with van der Waals surface area (Å²) in [4.78, 5) is 4.34. The number of aromatic nitrogens is 2. The van der Waals surface area contributed by atoms with E-state index < -0.39 is 0 Å². The van der Waals surface area contributed by atoms with Crippen molar-refractivity contribution in [1.29, 1.82) is 0 Å². The second-order valence-electron chi connectivity index (χ2n) is 3.44. The molecule has 1 aromatic heterocycles. The van der Waals surface area contributed by atoms with Gasteiger partial charge in [-0.25, -0.2) is 4.98 Å². The number of hydrogen-bond donors (Lipinski definition) is 1. The van der Waals surface area contributed by atoms with Crippen molar-refractivity contribution in [3.8, 4) is 5.69 Å². The summed E-state index contributed by atoms with van der Waals surface area (Å²) in [6, 6.07) is 10.2. The minimum absolute atomic E-state index is 0.710. The number of nitrogens with zero attached hydrogens (tertiary/aromatic N) is 2. The summed E-state index contributed by atoms with van der Waals surface area (Å²) in [5, 5.41) is 0. The lowest BCUT2D eigenvalue weighted by Gasteiger charge is -2.06. The molecule has 0 saturated carbocycles. The van der Waals surface area contributed by atoms with Crippen molar-refractivity contribution in [1.82, 2.24) is 9.55 Å². The highest BCUT2D eigenvalue weighted by atomic mass is 15.1. The van der Waals surface area contributed by atoms with Crippen LogP contribution >= 0.6 is 0 Å². The summed E-state index contributed by atoms with van der Waals surface area (Å²) in [7, 11) is 0. The van der Waals surface area contributed by atoms with E-state index in [0.29, 0.717) is 6.54 Å². The van der Waals surface area contributed by atoms with Gasteiger partial charge in [0.15, 0.2) is 0 Å². The van der Waals surface area contributed by atoms with E-state index in [1.807, 2.05) is 30.6 Å². The molecule has 2 rings (SSSR count). The number of nitrogens with two attached hydrogens (primary N) is 1. The largest absolute Gasteiger partial charge is 0.330 e. The second-order valence-corrected chi connectivity index (χ2v) is 3.44. The summed E-state index contributed by atoms with van der Waals surface area (Å²) in [6.07, 6.45) is 5.72. The molecule has 0 saturated heterocycles. The Morgan fingerprint density at radius 3 is 2.73 bits per heavy atom. The van der Waals surface area contributed by atoms with Crippen LogP contribution in [0.4, 0.5) is 0 Å². The molecule has 2 aromatic rings. The Morgan fingerprint density at radius 1 is 1.20 bits per heavy atom. The minimum atomic E-state index is 0.710. The Balaban J connectivity index is 2.25. The molecule has 0 radical (unpaired) electrons. The maximum absolute atomic E-state index is 5.50. The van der Waals surface area contributed by atoms with Crippen LogP contribution in [-0.2, 0) is 6.42 Å². The van der Waals surface area contributed by atoms with Crippen LogP contribution in [0, 0.1) is 0 Å². The lowest BCUT2D eigenvalue weighted by atomic mass is 10.2. The fourth-order valence-corrected chi connectivity index (χ4v) is 1.60. The van der Waals surface area contributed by atoms with Gasteiger partial charge in [-0.1, -0.05) is 18.2 Å². The van der Waals surface area contributed by atoms with Gasteiger partial charge < -0.3 is 10.3 Å². The van der Waals surface area contributed by atoms with Crippen molar-refractivity contribution in [2.45, 2.75) is 12.8 Å². The van der Waals surface area contributed by atoms with E-state index in [1.165, 1.54) is 0 Å². The van der Waals surface area contributed by atoms with Crippen LogP contribution in [0.25, 0.3) is 5.69 Å². The molecule has 0 fully saturated rings. The van der Waals surface area contributed by atoms with E-state index in [0.717, 1.165) is 24.4 Å². The van der Waals surface area contributed by atoms with Gasteiger partial charge in [0.25, 0.3) is 0 Å². The van der Waals surface area contributed by atoms with Crippen molar-refractivity contribution >= 4 is 0 Å². The van der Waals surface area contributed by atoms with Gasteiger partial charge in [0.1, 0.15) is 5.82 Å². The van der Waals surface area contributed by atoms with Crippen molar-refractivity contribution in [2.75, 3.05) is 6.54 Å². The highest BCUT2D eigenvalue weighted by Gasteiger charge is 2.03.